The number of nitrogens with zero attached hydrogens (tertiary/aromatic N) is 1. The molecule has 2 bridgehead atoms. The molecule has 3 aliphatic heterocycles. The van der Waals surface area contributed by atoms with Gasteiger partial charge < -0.3 is 36.0 Å². The molecule has 3 aliphatic rings. The lowest BCUT2D eigenvalue weighted by atomic mass is 9.82. The molecule has 0 aromatic heterocycles. The second-order valence-electron chi connectivity index (χ2n) is 9.72. The molecule has 190 valence electrons. The van der Waals surface area contributed by atoms with Gasteiger partial charge in [0.15, 0.2) is 6.10 Å². The Morgan fingerprint density at radius 1 is 0.917 bits per heavy atom. The Bertz CT molecular complexity index is 1100. The van der Waals surface area contributed by atoms with E-state index in [4.69, 9.17) is 9.47 Å². The van der Waals surface area contributed by atoms with Crippen molar-refractivity contribution in [2.24, 2.45) is 5.92 Å². The number of esters is 1. The van der Waals surface area contributed by atoms with Gasteiger partial charge in [0.05, 0.1) is 13.1 Å². The van der Waals surface area contributed by atoms with Crippen LogP contribution in [0.3, 0.4) is 0 Å². The Kier molecular flexibility index (Phi) is 8.75. The first kappa shape index (κ1) is 27.1. The molecule has 0 radical (unpaired) electrons. The monoisotopic (exact) mass is 663 g/mol. The van der Waals surface area contributed by atoms with Crippen LogP contribution < -0.4 is 21.7 Å². The maximum atomic E-state index is 13.6. The van der Waals surface area contributed by atoms with Gasteiger partial charge in [-0.25, -0.2) is 4.79 Å². The van der Waals surface area contributed by atoms with Crippen LogP contribution in [-0.2, 0) is 15.1 Å². The molecule has 0 saturated carbocycles. The topological polar surface area (TPSA) is 55.8 Å². The van der Waals surface area contributed by atoms with Crippen molar-refractivity contribution < 1.29 is 40.8 Å². The van der Waals surface area contributed by atoms with Gasteiger partial charge in [-0.2, -0.15) is 0 Å². The number of fused-ring (bicyclic) bond motifs is 3. The van der Waals surface area contributed by atoms with Gasteiger partial charge in [-0.3, -0.25) is 0 Å². The molecule has 3 saturated heterocycles. The third-order valence-electron chi connectivity index (χ3n) is 7.63. The van der Waals surface area contributed by atoms with Crippen molar-refractivity contribution in [1.82, 2.24) is 0 Å². The molecule has 0 spiro atoms. The van der Waals surface area contributed by atoms with Crippen LogP contribution in [0.25, 0.3) is 0 Å². The first-order chi connectivity index (χ1) is 17.0. The smallest absolute Gasteiger partial charge is 0.348 e. The Labute approximate surface area is 236 Å². The minimum absolute atomic E-state index is 0. The van der Waals surface area contributed by atoms with Gasteiger partial charge in [0.2, 0.25) is 5.60 Å². The zero-order chi connectivity index (χ0) is 24.3. The van der Waals surface area contributed by atoms with Crippen molar-refractivity contribution in [3.63, 3.8) is 0 Å². The molecular weight excluding hydrogens is 633 g/mol. The number of carbonyl (C=O) groups excluding carboxylic acids is 1. The molecule has 6 rings (SSSR count). The van der Waals surface area contributed by atoms with E-state index in [-0.39, 0.29) is 23.1 Å². The normalized spacial score (nSPS) is 22.9. The van der Waals surface area contributed by atoms with Crippen LogP contribution in [0.15, 0.2) is 84.9 Å². The first-order valence-electron chi connectivity index (χ1n) is 12.3. The van der Waals surface area contributed by atoms with Crippen LogP contribution in [0.4, 0.5) is 0 Å². The summed E-state index contributed by atoms with van der Waals surface area (Å²) >= 11 is 2.29. The van der Waals surface area contributed by atoms with Crippen molar-refractivity contribution >= 4 is 28.6 Å². The lowest BCUT2D eigenvalue weighted by Gasteiger charge is -2.52. The third-order valence-corrected chi connectivity index (χ3v) is 8.35. The van der Waals surface area contributed by atoms with Crippen LogP contribution in [0.5, 0.6) is 5.75 Å². The van der Waals surface area contributed by atoms with Crippen LogP contribution in [0, 0.1) is 9.49 Å². The molecular formula is C29H31BrINO4. The lowest BCUT2D eigenvalue weighted by Crippen LogP contribution is -3.00. The van der Waals surface area contributed by atoms with Gasteiger partial charge in [-0.05, 0) is 58.0 Å². The number of hydrogen-bond donors (Lipinski definition) is 1. The fourth-order valence-corrected chi connectivity index (χ4v) is 5.90. The number of carbonyl (C=O) groups is 1. The van der Waals surface area contributed by atoms with Crippen molar-refractivity contribution in [3.8, 4) is 5.75 Å². The fraction of sp³-hybridized carbons (Fsp3) is 0.345. The zero-order valence-corrected chi connectivity index (χ0v) is 23.8. The highest BCUT2D eigenvalue weighted by Gasteiger charge is 2.50. The van der Waals surface area contributed by atoms with Gasteiger partial charge in [-0.1, -0.05) is 60.7 Å². The minimum Gasteiger partial charge on any atom is -1.00 e. The molecule has 1 N–H and O–H groups in total. The average Bonchev–Trinajstić information content (AvgIpc) is 2.91. The summed E-state index contributed by atoms with van der Waals surface area (Å²) in [5, 5.41) is 11.8. The van der Waals surface area contributed by atoms with E-state index >= 15 is 0 Å². The first-order valence-corrected chi connectivity index (χ1v) is 13.3. The summed E-state index contributed by atoms with van der Waals surface area (Å²) in [5.41, 5.74) is -0.799. The molecule has 7 heteroatoms. The molecule has 1 atom stereocenters. The molecule has 0 aliphatic carbocycles. The Morgan fingerprint density at radius 2 is 1.47 bits per heavy atom. The number of aliphatic hydroxyl groups is 1. The largest absolute Gasteiger partial charge is 1.00 e. The van der Waals surface area contributed by atoms with E-state index in [9.17, 15) is 9.90 Å². The molecule has 3 aromatic carbocycles. The molecule has 3 aromatic rings. The lowest BCUT2D eigenvalue weighted by molar-refractivity contribution is -0.946. The van der Waals surface area contributed by atoms with E-state index in [1.54, 1.807) is 24.3 Å². The number of halogens is 2. The highest BCUT2D eigenvalue weighted by atomic mass is 127. The summed E-state index contributed by atoms with van der Waals surface area (Å²) in [4.78, 5) is 13.6. The standard InChI is InChI=1S/C29H31INO4.BrH/c30-25-11-13-26(14-12-25)34-20-19-31-17-15-22(16-18-31)27(21-31)35-28(32)29(33,23-7-3-1-4-8-23)24-9-5-2-6-10-24;/h1-14,22,27,33H,15-21H2;1H/q+1;/p-1. The summed E-state index contributed by atoms with van der Waals surface area (Å²) in [6.45, 7) is 4.44. The van der Waals surface area contributed by atoms with E-state index in [0.717, 1.165) is 49.3 Å². The number of ether oxygens (including phenoxy) is 2. The van der Waals surface area contributed by atoms with E-state index in [1.807, 2.05) is 60.7 Å². The van der Waals surface area contributed by atoms with Gasteiger partial charge in [0.1, 0.15) is 25.4 Å². The van der Waals surface area contributed by atoms with E-state index in [2.05, 4.69) is 22.6 Å². The van der Waals surface area contributed by atoms with E-state index < -0.39 is 11.6 Å². The Morgan fingerprint density at radius 3 is 2.03 bits per heavy atom. The molecule has 3 fully saturated rings. The second kappa shape index (κ2) is 11.6. The van der Waals surface area contributed by atoms with Crippen molar-refractivity contribution in [2.45, 2.75) is 24.5 Å². The number of rotatable bonds is 8. The number of hydrogen-bond acceptors (Lipinski definition) is 4. The predicted molar refractivity (Wildman–Crippen MR) is 143 cm³/mol. The highest BCUT2D eigenvalue weighted by Crippen LogP contribution is 2.38. The maximum absolute atomic E-state index is 13.6. The van der Waals surface area contributed by atoms with Crippen LogP contribution in [-0.4, -0.2) is 54.4 Å². The minimum atomic E-state index is -1.84. The van der Waals surface area contributed by atoms with Crippen LogP contribution >= 0.6 is 22.6 Å². The summed E-state index contributed by atoms with van der Waals surface area (Å²) in [7, 11) is 0. The van der Waals surface area contributed by atoms with Crippen LogP contribution in [0.1, 0.15) is 24.0 Å². The van der Waals surface area contributed by atoms with E-state index in [0.29, 0.717) is 23.7 Å². The molecule has 36 heavy (non-hydrogen) atoms. The maximum Gasteiger partial charge on any atom is 0.348 e. The summed E-state index contributed by atoms with van der Waals surface area (Å²) in [6.07, 6.45) is 1.84. The van der Waals surface area contributed by atoms with Crippen LogP contribution in [0.2, 0.25) is 0 Å². The Hall–Kier alpha value is -1.94. The average molecular weight is 664 g/mol. The fourth-order valence-electron chi connectivity index (χ4n) is 5.54. The predicted octanol–water partition coefficient (Wildman–Crippen LogP) is 1.76. The SMILES string of the molecule is O=C(OC1C[N+]2(CCOc3ccc(I)cc3)CCC1CC2)C(O)(c1ccccc1)c1ccccc1.[Br-]. The number of piperidine rings is 3. The second-order valence-corrected chi connectivity index (χ2v) is 11.0. The van der Waals surface area contributed by atoms with Gasteiger partial charge in [0.25, 0.3) is 0 Å². The van der Waals surface area contributed by atoms with Gasteiger partial charge in [0, 0.05) is 22.3 Å². The van der Waals surface area contributed by atoms with E-state index in [1.165, 1.54) is 3.57 Å². The van der Waals surface area contributed by atoms with Gasteiger partial charge in [-0.15, -0.1) is 0 Å². The molecule has 5 nitrogen and oxygen atoms in total. The summed E-state index contributed by atoms with van der Waals surface area (Å²) < 4.78 is 14.3. The third kappa shape index (κ3) is 5.64. The molecule has 0 amide bonds. The van der Waals surface area contributed by atoms with Crippen molar-refractivity contribution in [3.05, 3.63) is 99.6 Å². The Balaban J connectivity index is 0.00000304. The molecule has 1 unspecified atom stereocenters. The van der Waals surface area contributed by atoms with Crippen molar-refractivity contribution in [2.75, 3.05) is 32.8 Å². The molecule has 3 heterocycles. The highest BCUT2D eigenvalue weighted by molar-refractivity contribution is 14.1. The summed E-state index contributed by atoms with van der Waals surface area (Å²) in [5.74, 6) is 0.628. The zero-order valence-electron chi connectivity index (χ0n) is 20.1. The number of quaternary nitrogens is 1. The van der Waals surface area contributed by atoms with Crippen molar-refractivity contribution in [1.29, 1.82) is 0 Å². The number of benzene rings is 3. The quantitative estimate of drug-likeness (QED) is 0.227. The van der Waals surface area contributed by atoms with Gasteiger partial charge >= 0.3 is 5.97 Å². The summed E-state index contributed by atoms with van der Waals surface area (Å²) in [6, 6.07) is 26.3.